The number of rotatable bonds is 6. The summed E-state index contributed by atoms with van der Waals surface area (Å²) < 4.78 is 10.2. The fourth-order valence-corrected chi connectivity index (χ4v) is 3.08. The van der Waals surface area contributed by atoms with E-state index in [4.69, 9.17) is 9.47 Å². The second-order valence-electron chi connectivity index (χ2n) is 5.03. The monoisotopic (exact) mass is 348 g/mol. The van der Waals surface area contributed by atoms with Gasteiger partial charge in [-0.3, -0.25) is 5.32 Å². The normalized spacial score (nSPS) is 10.3. The van der Waals surface area contributed by atoms with Crippen LogP contribution in [-0.2, 0) is 11.2 Å². The van der Waals surface area contributed by atoms with Crippen molar-refractivity contribution in [1.29, 1.82) is 0 Å². The van der Waals surface area contributed by atoms with Gasteiger partial charge in [-0.05, 0) is 38.8 Å². The van der Waals surface area contributed by atoms with Crippen LogP contribution in [0.5, 0.6) is 5.75 Å². The fraction of sp³-hybridized carbons (Fsp3) is 0.353. The van der Waals surface area contributed by atoms with E-state index in [-0.39, 0.29) is 6.61 Å². The van der Waals surface area contributed by atoms with Crippen LogP contribution in [0, 0.1) is 6.92 Å². The van der Waals surface area contributed by atoms with E-state index in [1.54, 1.807) is 38.1 Å². The summed E-state index contributed by atoms with van der Waals surface area (Å²) in [6, 6.07) is 6.59. The van der Waals surface area contributed by atoms with E-state index in [1.807, 2.05) is 0 Å². The SMILES string of the molecule is CCCc1nc(C)c(C(=O)Oc2cccc(NC(=O)OCC)c2)s1. The third-order valence-electron chi connectivity index (χ3n) is 3.06. The lowest BCUT2D eigenvalue weighted by Crippen LogP contribution is -2.13. The first-order valence-electron chi connectivity index (χ1n) is 7.75. The van der Waals surface area contributed by atoms with Gasteiger partial charge in [0, 0.05) is 11.8 Å². The molecule has 2 rings (SSSR count). The van der Waals surface area contributed by atoms with Gasteiger partial charge in [0.1, 0.15) is 10.6 Å². The number of ether oxygens (including phenoxy) is 2. The van der Waals surface area contributed by atoms with E-state index in [0.717, 1.165) is 17.8 Å². The molecule has 24 heavy (non-hydrogen) atoms. The van der Waals surface area contributed by atoms with Crippen LogP contribution >= 0.6 is 11.3 Å². The minimum Gasteiger partial charge on any atom is -0.450 e. The molecule has 6 nitrogen and oxygen atoms in total. The number of carbonyl (C=O) groups is 2. The molecule has 1 aromatic heterocycles. The third kappa shape index (κ3) is 4.79. The van der Waals surface area contributed by atoms with Gasteiger partial charge in [0.25, 0.3) is 0 Å². The maximum atomic E-state index is 12.3. The first-order chi connectivity index (χ1) is 11.5. The highest BCUT2D eigenvalue weighted by atomic mass is 32.1. The van der Waals surface area contributed by atoms with Gasteiger partial charge in [0.15, 0.2) is 0 Å². The maximum absolute atomic E-state index is 12.3. The summed E-state index contributed by atoms with van der Waals surface area (Å²) in [5.74, 6) is -0.0974. The van der Waals surface area contributed by atoms with Gasteiger partial charge in [0.2, 0.25) is 0 Å². The molecule has 0 saturated carbocycles. The number of nitrogens with one attached hydrogen (secondary N) is 1. The average Bonchev–Trinajstić information content (AvgIpc) is 2.89. The fourth-order valence-electron chi connectivity index (χ4n) is 2.04. The molecular weight excluding hydrogens is 328 g/mol. The Kier molecular flexibility index (Phi) is 6.31. The summed E-state index contributed by atoms with van der Waals surface area (Å²) >= 11 is 1.36. The van der Waals surface area contributed by atoms with Crippen LogP contribution in [0.3, 0.4) is 0 Å². The smallest absolute Gasteiger partial charge is 0.411 e. The predicted molar refractivity (Wildman–Crippen MR) is 92.9 cm³/mol. The van der Waals surface area contributed by atoms with Crippen molar-refractivity contribution in [3.63, 3.8) is 0 Å². The Morgan fingerprint density at radius 1 is 1.29 bits per heavy atom. The molecule has 0 saturated heterocycles. The van der Waals surface area contributed by atoms with E-state index in [9.17, 15) is 9.59 Å². The van der Waals surface area contributed by atoms with Crippen molar-refractivity contribution in [1.82, 2.24) is 4.98 Å². The first kappa shape index (κ1) is 17.9. The molecule has 1 heterocycles. The van der Waals surface area contributed by atoms with Crippen molar-refractivity contribution in [2.45, 2.75) is 33.6 Å². The number of aromatic nitrogens is 1. The van der Waals surface area contributed by atoms with Crippen LogP contribution in [0.2, 0.25) is 0 Å². The van der Waals surface area contributed by atoms with Crippen LogP contribution in [0.4, 0.5) is 10.5 Å². The Bertz CT molecular complexity index is 727. The molecule has 0 fully saturated rings. The molecule has 0 radical (unpaired) electrons. The number of carbonyl (C=O) groups excluding carboxylic acids is 2. The third-order valence-corrected chi connectivity index (χ3v) is 4.25. The predicted octanol–water partition coefficient (Wildman–Crippen LogP) is 4.19. The summed E-state index contributed by atoms with van der Waals surface area (Å²) in [6.07, 6.45) is 1.27. The maximum Gasteiger partial charge on any atom is 0.411 e. The highest BCUT2D eigenvalue weighted by molar-refractivity contribution is 7.13. The zero-order chi connectivity index (χ0) is 17.5. The van der Waals surface area contributed by atoms with E-state index in [0.29, 0.717) is 22.0 Å². The minimum atomic E-state index is -0.552. The number of nitrogens with zero attached hydrogens (tertiary/aromatic N) is 1. The Morgan fingerprint density at radius 3 is 2.79 bits per heavy atom. The number of aryl methyl sites for hydroxylation is 2. The molecule has 0 unspecified atom stereocenters. The molecule has 0 aliphatic rings. The van der Waals surface area contributed by atoms with Gasteiger partial charge in [-0.1, -0.05) is 13.0 Å². The molecular formula is C17H20N2O4S. The zero-order valence-corrected chi connectivity index (χ0v) is 14.7. The molecule has 2 aromatic rings. The molecule has 7 heteroatoms. The lowest BCUT2D eigenvalue weighted by atomic mass is 10.3. The van der Waals surface area contributed by atoms with Gasteiger partial charge < -0.3 is 9.47 Å². The standard InChI is InChI=1S/C17H20N2O4S/c1-4-7-14-18-11(3)15(24-14)16(20)23-13-9-6-8-12(10-13)19-17(21)22-5-2/h6,8-10H,4-5,7H2,1-3H3,(H,19,21). The molecule has 128 valence electrons. The number of hydrogen-bond acceptors (Lipinski definition) is 6. The Morgan fingerprint density at radius 2 is 2.08 bits per heavy atom. The van der Waals surface area contributed by atoms with Crippen molar-refractivity contribution in [3.05, 3.63) is 39.8 Å². The Hall–Kier alpha value is -2.41. The second-order valence-corrected chi connectivity index (χ2v) is 6.12. The number of benzene rings is 1. The van der Waals surface area contributed by atoms with E-state index >= 15 is 0 Å². The topological polar surface area (TPSA) is 77.5 Å². The first-order valence-corrected chi connectivity index (χ1v) is 8.57. The van der Waals surface area contributed by atoms with Crippen molar-refractivity contribution < 1.29 is 19.1 Å². The number of thiazole rings is 1. The van der Waals surface area contributed by atoms with Crippen LogP contribution < -0.4 is 10.1 Å². The van der Waals surface area contributed by atoms with Gasteiger partial charge in [0.05, 0.1) is 17.3 Å². The molecule has 0 spiro atoms. The Labute approximate surface area is 144 Å². The van der Waals surface area contributed by atoms with Gasteiger partial charge in [-0.2, -0.15) is 0 Å². The zero-order valence-electron chi connectivity index (χ0n) is 13.9. The molecule has 1 aromatic carbocycles. The number of anilines is 1. The van der Waals surface area contributed by atoms with Gasteiger partial charge in [-0.15, -0.1) is 11.3 Å². The molecule has 1 amide bonds. The van der Waals surface area contributed by atoms with E-state index in [2.05, 4.69) is 17.2 Å². The van der Waals surface area contributed by atoms with Crippen LogP contribution in [0.1, 0.15) is 40.6 Å². The van der Waals surface area contributed by atoms with Crippen LogP contribution in [-0.4, -0.2) is 23.7 Å². The molecule has 0 bridgehead atoms. The van der Waals surface area contributed by atoms with Gasteiger partial charge >= 0.3 is 12.1 Å². The van der Waals surface area contributed by atoms with E-state index in [1.165, 1.54) is 11.3 Å². The quantitative estimate of drug-likeness (QED) is 0.625. The van der Waals surface area contributed by atoms with Crippen molar-refractivity contribution in [3.8, 4) is 5.75 Å². The number of amides is 1. The molecule has 0 aliphatic heterocycles. The summed E-state index contributed by atoms with van der Waals surface area (Å²) in [5, 5.41) is 3.50. The summed E-state index contributed by atoms with van der Waals surface area (Å²) in [4.78, 5) is 28.6. The summed E-state index contributed by atoms with van der Waals surface area (Å²) in [7, 11) is 0. The highest BCUT2D eigenvalue weighted by Crippen LogP contribution is 2.23. The van der Waals surface area contributed by atoms with Crippen LogP contribution in [0.15, 0.2) is 24.3 Å². The van der Waals surface area contributed by atoms with Crippen molar-refractivity contribution in [2.24, 2.45) is 0 Å². The summed E-state index contributed by atoms with van der Waals surface area (Å²) in [5.41, 5.74) is 1.17. The summed E-state index contributed by atoms with van der Waals surface area (Å²) in [6.45, 7) is 5.87. The lowest BCUT2D eigenvalue weighted by Gasteiger charge is -2.07. The largest absolute Gasteiger partial charge is 0.450 e. The van der Waals surface area contributed by atoms with E-state index < -0.39 is 12.1 Å². The minimum absolute atomic E-state index is 0.283. The lowest BCUT2D eigenvalue weighted by molar-refractivity contribution is 0.0739. The second kappa shape index (κ2) is 8.44. The Balaban J connectivity index is 2.07. The molecule has 0 aliphatic carbocycles. The average molecular weight is 348 g/mol. The van der Waals surface area contributed by atoms with Crippen LogP contribution in [0.25, 0.3) is 0 Å². The number of hydrogen-bond donors (Lipinski definition) is 1. The highest BCUT2D eigenvalue weighted by Gasteiger charge is 2.17. The van der Waals surface area contributed by atoms with Crippen molar-refractivity contribution >= 4 is 29.1 Å². The van der Waals surface area contributed by atoms with Gasteiger partial charge in [-0.25, -0.2) is 14.6 Å². The molecule has 1 N–H and O–H groups in total. The van der Waals surface area contributed by atoms with Crippen molar-refractivity contribution in [2.75, 3.05) is 11.9 Å². The number of esters is 1. The molecule has 0 atom stereocenters.